The molecule has 0 unspecified atom stereocenters. The van der Waals surface area contributed by atoms with E-state index in [9.17, 15) is 52.7 Å². The fourth-order valence-electron chi connectivity index (χ4n) is 11.0. The Morgan fingerprint density at radius 3 is 1.33 bits per heavy atom. The van der Waals surface area contributed by atoms with Crippen LogP contribution in [-0.2, 0) is 105 Å². The van der Waals surface area contributed by atoms with E-state index >= 15 is 0 Å². The van der Waals surface area contributed by atoms with Crippen molar-refractivity contribution >= 4 is 65.4 Å². The Hall–Kier alpha value is -7.31. The lowest BCUT2D eigenvalue weighted by Crippen LogP contribution is -2.69. The Balaban J connectivity index is 1.19. The lowest BCUT2D eigenvalue weighted by atomic mass is 9.93. The zero-order chi connectivity index (χ0) is 60.9. The van der Waals surface area contributed by atoms with Crippen molar-refractivity contribution in [2.24, 2.45) is 0 Å². The van der Waals surface area contributed by atoms with Gasteiger partial charge in [-0.05, 0) is 51.0 Å². The summed E-state index contributed by atoms with van der Waals surface area (Å²) in [6.07, 6.45) is -19.2. The molecule has 2 aromatic rings. The summed E-state index contributed by atoms with van der Waals surface area (Å²) >= 11 is 0. The zero-order valence-electron chi connectivity index (χ0n) is 47.4. The number of benzene rings is 2. The van der Waals surface area contributed by atoms with E-state index in [1.54, 1.807) is 13.8 Å². The van der Waals surface area contributed by atoms with Gasteiger partial charge in [-0.3, -0.25) is 62.5 Å². The summed E-state index contributed by atoms with van der Waals surface area (Å²) in [6.45, 7) is 7.55. The highest BCUT2D eigenvalue weighted by Gasteiger charge is 2.63. The van der Waals surface area contributed by atoms with E-state index in [-0.39, 0.29) is 35.3 Å². The lowest BCUT2D eigenvalue weighted by molar-refractivity contribution is -0.354. The van der Waals surface area contributed by atoms with Crippen LogP contribution in [0.3, 0.4) is 0 Å². The molecule has 456 valence electrons. The molecule has 6 aliphatic rings. The number of carbonyl (C=O) groups is 11. The van der Waals surface area contributed by atoms with E-state index < -0.39 is 183 Å². The molecule has 84 heavy (non-hydrogen) atoms. The molecule has 28 nitrogen and oxygen atoms in total. The van der Waals surface area contributed by atoms with E-state index in [0.717, 1.165) is 51.3 Å². The molecule has 2 aromatic carbocycles. The number of imide groups is 2. The van der Waals surface area contributed by atoms with Crippen LogP contribution in [0.5, 0.6) is 0 Å². The second kappa shape index (κ2) is 26.7. The number of carbonyl (C=O) groups excluding carboxylic acids is 11. The quantitative estimate of drug-likeness (QED) is 0.0704. The average molecular weight is 1180 g/mol. The van der Waals surface area contributed by atoms with Crippen LogP contribution in [0.25, 0.3) is 0 Å². The van der Waals surface area contributed by atoms with Crippen molar-refractivity contribution in [1.82, 2.24) is 9.80 Å². The number of amides is 4. The smallest absolute Gasteiger partial charge is 0.305 e. The van der Waals surface area contributed by atoms with Gasteiger partial charge in [0, 0.05) is 54.6 Å². The molecule has 0 aliphatic carbocycles. The third-order valence-electron chi connectivity index (χ3n) is 14.3. The number of fused-ring (bicyclic) bond motifs is 3. The molecule has 6 aliphatic heterocycles. The van der Waals surface area contributed by atoms with Crippen molar-refractivity contribution in [3.8, 4) is 0 Å². The summed E-state index contributed by atoms with van der Waals surface area (Å²) in [6, 6.07) is 8.22. The highest BCUT2D eigenvalue weighted by Crippen LogP contribution is 2.44. The Labute approximate surface area is 481 Å². The summed E-state index contributed by atoms with van der Waals surface area (Å²) in [5.41, 5.74) is -0.111. The van der Waals surface area contributed by atoms with E-state index in [1.807, 2.05) is 0 Å². The van der Waals surface area contributed by atoms with Crippen LogP contribution in [0.15, 0.2) is 48.5 Å². The average Bonchev–Trinajstić information content (AvgIpc) is 1.96. The van der Waals surface area contributed by atoms with Gasteiger partial charge in [0.2, 0.25) is 0 Å². The third-order valence-corrected chi connectivity index (χ3v) is 14.3. The van der Waals surface area contributed by atoms with E-state index in [0.29, 0.717) is 19.3 Å². The molecule has 4 saturated heterocycles. The topological polar surface area (TPSA) is 333 Å². The molecule has 0 aromatic heterocycles. The van der Waals surface area contributed by atoms with Crippen LogP contribution < -0.4 is 0 Å². The van der Waals surface area contributed by atoms with Crippen molar-refractivity contribution < 1.29 is 124 Å². The molecule has 0 N–H and O–H groups in total. The largest absolute Gasteiger partial charge is 0.469 e. The van der Waals surface area contributed by atoms with E-state index in [4.69, 9.17) is 71.1 Å². The summed E-state index contributed by atoms with van der Waals surface area (Å²) in [7, 11) is 1.26. The van der Waals surface area contributed by atoms with Crippen LogP contribution in [0.2, 0.25) is 0 Å². The molecule has 4 amide bonds. The van der Waals surface area contributed by atoms with Gasteiger partial charge < -0.3 is 71.1 Å². The van der Waals surface area contributed by atoms with Gasteiger partial charge in [0.05, 0.1) is 36.0 Å². The number of methoxy groups -OCH3 is 1. The molecule has 0 spiro atoms. The van der Waals surface area contributed by atoms with Gasteiger partial charge in [-0.2, -0.15) is 0 Å². The fraction of sp³-hybridized carbons (Fsp3) is 0.589. The van der Waals surface area contributed by atoms with Crippen molar-refractivity contribution in [3.05, 3.63) is 70.8 Å². The highest BCUT2D eigenvalue weighted by molar-refractivity contribution is 6.22. The number of unbranched alkanes of at least 4 members (excludes halogenated alkanes) is 2. The number of rotatable bonds is 22. The minimum atomic E-state index is -1.90. The molecule has 0 radical (unpaired) electrons. The molecule has 0 bridgehead atoms. The van der Waals surface area contributed by atoms with Crippen LogP contribution >= 0.6 is 0 Å². The summed E-state index contributed by atoms with van der Waals surface area (Å²) < 4.78 is 91.2. The molecule has 28 heteroatoms. The number of nitrogens with zero attached hydrogens (tertiary/aromatic N) is 2. The van der Waals surface area contributed by atoms with Crippen molar-refractivity contribution in [3.63, 3.8) is 0 Å². The maximum absolute atomic E-state index is 14.5. The summed E-state index contributed by atoms with van der Waals surface area (Å²) in [5, 5.41) is 0. The van der Waals surface area contributed by atoms with Crippen LogP contribution in [0, 0.1) is 0 Å². The normalized spacial score (nSPS) is 30.4. The number of hydrogen-bond donors (Lipinski definition) is 0. The van der Waals surface area contributed by atoms with Gasteiger partial charge in [0.15, 0.2) is 49.1 Å². The lowest BCUT2D eigenvalue weighted by Gasteiger charge is -2.50. The van der Waals surface area contributed by atoms with Gasteiger partial charge in [-0.25, -0.2) is 0 Å². The van der Waals surface area contributed by atoms with Gasteiger partial charge in [0.25, 0.3) is 23.6 Å². The maximum atomic E-state index is 14.5. The predicted molar refractivity (Wildman–Crippen MR) is 274 cm³/mol. The third kappa shape index (κ3) is 13.9. The summed E-state index contributed by atoms with van der Waals surface area (Å²) in [5.74, 6) is -10.7. The molecule has 15 atom stereocenters. The van der Waals surface area contributed by atoms with Crippen LogP contribution in [0.4, 0.5) is 0 Å². The Bertz CT molecular complexity index is 2800. The first kappa shape index (κ1) is 62.7. The molecule has 4 fully saturated rings. The number of esters is 7. The van der Waals surface area contributed by atoms with Gasteiger partial charge in [-0.1, -0.05) is 30.7 Å². The van der Waals surface area contributed by atoms with Crippen LogP contribution in [0.1, 0.15) is 123 Å². The Morgan fingerprint density at radius 1 is 0.476 bits per heavy atom. The molecule has 6 heterocycles. The minimum absolute atomic E-state index is 0.0200. The monoisotopic (exact) mass is 1180 g/mol. The second-order valence-electron chi connectivity index (χ2n) is 20.8. The summed E-state index contributed by atoms with van der Waals surface area (Å²) in [4.78, 5) is 148. The number of hydrogen-bond acceptors (Lipinski definition) is 26. The van der Waals surface area contributed by atoms with Crippen LogP contribution in [-0.4, -0.2) is 207 Å². The Morgan fingerprint density at radius 2 is 0.893 bits per heavy atom. The first-order chi connectivity index (χ1) is 39.9. The van der Waals surface area contributed by atoms with E-state index in [2.05, 4.69) is 0 Å². The molecule has 8 rings (SSSR count). The zero-order valence-corrected chi connectivity index (χ0v) is 47.4. The first-order valence-corrected chi connectivity index (χ1v) is 27.1. The first-order valence-electron chi connectivity index (χ1n) is 27.1. The van der Waals surface area contributed by atoms with Gasteiger partial charge in [0.1, 0.15) is 61.9 Å². The fourth-order valence-corrected chi connectivity index (χ4v) is 11.0. The van der Waals surface area contributed by atoms with E-state index in [1.165, 1.54) is 55.6 Å². The highest BCUT2D eigenvalue weighted by atomic mass is 16.8. The standard InChI is InChI=1S/C56H66N2O26/c1-26(59)72-23-36-42(75-28(3)61)45(77-30(5)63)40(57-49(66)32-17-12-13-18-33(32)50(57)67)53(79-36)74-25-38-44-47(84-56(7,8)83-44)48(55(81-38)71-22-16-10-11-21-39(65)70-9)82-54-41(58-51(68)34-19-14-15-20-35(34)52(58)69)46(78-31(6)64)43(76-29(4)62)37(80-54)24-73-27(2)60/h12-15,17-20,36-38,40-48,53-55H,10-11,16,21-25H2,1-9H3/t36-,37-,38-,40-,41-,42-,43-,44+,45-,46-,47+,48-,53-,54+,55-/m1/s1. The second-order valence-corrected chi connectivity index (χ2v) is 20.8. The van der Waals surface area contributed by atoms with Gasteiger partial charge in [-0.15, -0.1) is 0 Å². The van der Waals surface area contributed by atoms with Gasteiger partial charge >= 0.3 is 41.8 Å². The van der Waals surface area contributed by atoms with Crippen molar-refractivity contribution in [2.45, 2.75) is 179 Å². The molecular weight excluding hydrogens is 1120 g/mol. The maximum Gasteiger partial charge on any atom is 0.305 e. The predicted octanol–water partition coefficient (Wildman–Crippen LogP) is 2.02. The molecular formula is C56H66N2O26. The van der Waals surface area contributed by atoms with Crippen molar-refractivity contribution in [2.75, 3.05) is 33.5 Å². The van der Waals surface area contributed by atoms with Crippen molar-refractivity contribution in [1.29, 1.82) is 0 Å². The Kier molecular flexibility index (Phi) is 20.0. The SMILES string of the molecule is COC(=O)CCCCCO[C@@H]1O[C@H](CO[C@@H]2O[C@H](COC(C)=O)[C@@H](OC(C)=O)[C@H](OC(C)=O)[C@H]2N2C(=O)c3ccccc3C2=O)[C@@H]2OC(C)(C)O[C@@H]2[C@H]1O[C@@H]1O[C@H](COC(C)=O)[C@@H](OC(C)=O)[C@H](OC(C)=O)[C@H]1N1C(=O)c2ccccc2C1=O. The minimum Gasteiger partial charge on any atom is -0.469 e. The molecule has 0 saturated carbocycles. The number of ether oxygens (including phenoxy) is 15.